The molecule has 174 valence electrons. The molecule has 0 aliphatic rings. The van der Waals surface area contributed by atoms with E-state index in [-0.39, 0.29) is 30.6 Å². The quantitative estimate of drug-likeness (QED) is 0.554. The second kappa shape index (κ2) is 11.5. The highest BCUT2D eigenvalue weighted by atomic mass is 19.1. The Morgan fingerprint density at radius 2 is 1.62 bits per heavy atom. The Bertz CT molecular complexity index is 876. The van der Waals surface area contributed by atoms with Crippen LogP contribution >= 0.6 is 0 Å². The van der Waals surface area contributed by atoms with Gasteiger partial charge in [0.05, 0.1) is 13.7 Å². The monoisotopic (exact) mass is 444 g/mol. The first-order valence-corrected chi connectivity index (χ1v) is 10.7. The summed E-state index contributed by atoms with van der Waals surface area (Å²) in [5, 5.41) is 2.92. The molecule has 0 aromatic heterocycles. The van der Waals surface area contributed by atoms with Crippen LogP contribution in [0, 0.1) is 5.82 Å². The number of nitrogens with zero attached hydrogens (tertiary/aromatic N) is 1. The first-order chi connectivity index (χ1) is 15.1. The molecule has 1 unspecified atom stereocenters. The molecular formula is C25H33FN2O4. The van der Waals surface area contributed by atoms with Gasteiger partial charge in [-0.05, 0) is 76.1 Å². The van der Waals surface area contributed by atoms with Crippen LogP contribution < -0.4 is 14.8 Å². The summed E-state index contributed by atoms with van der Waals surface area (Å²) in [7, 11) is 1.60. The van der Waals surface area contributed by atoms with Gasteiger partial charge in [0.1, 0.15) is 23.4 Å². The van der Waals surface area contributed by atoms with Crippen LogP contribution in [-0.2, 0) is 16.1 Å². The van der Waals surface area contributed by atoms with Crippen LogP contribution in [0.4, 0.5) is 4.39 Å². The van der Waals surface area contributed by atoms with E-state index in [1.165, 1.54) is 17.0 Å². The topological polar surface area (TPSA) is 67.9 Å². The minimum absolute atomic E-state index is 0.163. The number of rotatable bonds is 10. The van der Waals surface area contributed by atoms with Gasteiger partial charge in [0.2, 0.25) is 11.8 Å². The number of hydrogen-bond acceptors (Lipinski definition) is 4. The maximum Gasteiger partial charge on any atom is 0.242 e. The molecule has 0 radical (unpaired) electrons. The highest BCUT2D eigenvalue weighted by molar-refractivity contribution is 5.87. The van der Waals surface area contributed by atoms with Crippen molar-refractivity contribution in [2.75, 3.05) is 13.7 Å². The van der Waals surface area contributed by atoms with Crippen LogP contribution in [0.25, 0.3) is 0 Å². The van der Waals surface area contributed by atoms with E-state index < -0.39 is 11.6 Å². The molecule has 0 bridgehead atoms. The summed E-state index contributed by atoms with van der Waals surface area (Å²) in [6.07, 6.45) is 0.725. The van der Waals surface area contributed by atoms with Crippen LogP contribution in [-0.4, -0.2) is 42.0 Å². The molecule has 0 aliphatic heterocycles. The van der Waals surface area contributed by atoms with Crippen molar-refractivity contribution in [1.82, 2.24) is 10.2 Å². The molecule has 2 aromatic rings. The van der Waals surface area contributed by atoms with E-state index in [1.54, 1.807) is 50.4 Å². The average molecular weight is 445 g/mol. The molecule has 0 heterocycles. The van der Waals surface area contributed by atoms with Crippen molar-refractivity contribution in [3.63, 3.8) is 0 Å². The van der Waals surface area contributed by atoms with Crippen molar-refractivity contribution >= 4 is 11.8 Å². The molecule has 2 amide bonds. The van der Waals surface area contributed by atoms with Gasteiger partial charge in [0, 0.05) is 18.5 Å². The van der Waals surface area contributed by atoms with Crippen molar-refractivity contribution < 1.29 is 23.5 Å². The maximum absolute atomic E-state index is 13.3. The third-order valence-electron chi connectivity index (χ3n) is 4.79. The van der Waals surface area contributed by atoms with Crippen LogP contribution in [0.1, 0.15) is 46.1 Å². The zero-order valence-electron chi connectivity index (χ0n) is 19.5. The summed E-state index contributed by atoms with van der Waals surface area (Å²) >= 11 is 0. The van der Waals surface area contributed by atoms with Gasteiger partial charge in [-0.2, -0.15) is 0 Å². The number of nitrogens with one attached hydrogen (secondary N) is 1. The molecule has 32 heavy (non-hydrogen) atoms. The summed E-state index contributed by atoms with van der Waals surface area (Å²) < 4.78 is 24.1. The lowest BCUT2D eigenvalue weighted by atomic mass is 10.1. The second-order valence-corrected chi connectivity index (χ2v) is 8.69. The Morgan fingerprint density at radius 3 is 2.19 bits per heavy atom. The van der Waals surface area contributed by atoms with E-state index in [0.717, 1.165) is 11.3 Å². The van der Waals surface area contributed by atoms with Crippen LogP contribution in [0.3, 0.4) is 0 Å². The fourth-order valence-corrected chi connectivity index (χ4v) is 3.07. The molecule has 1 N–H and O–H groups in total. The Kier molecular flexibility index (Phi) is 9.05. The first kappa shape index (κ1) is 25.2. The molecule has 0 saturated heterocycles. The molecule has 0 fully saturated rings. The van der Waals surface area contributed by atoms with Crippen molar-refractivity contribution in [3.05, 3.63) is 59.9 Å². The van der Waals surface area contributed by atoms with Gasteiger partial charge in [-0.1, -0.05) is 12.1 Å². The minimum atomic E-state index is -0.672. The number of hydrogen-bond donors (Lipinski definition) is 1. The predicted octanol–water partition coefficient (Wildman–Crippen LogP) is 4.33. The largest absolute Gasteiger partial charge is 0.497 e. The number of methoxy groups -OCH3 is 1. The van der Waals surface area contributed by atoms with Gasteiger partial charge in [-0.3, -0.25) is 9.59 Å². The number of halogens is 1. The SMILES string of the molecule is COc1ccc(OCCCC(=O)N(Cc2ccc(F)cc2)C(C)C(=O)NC(C)(C)C)cc1. The van der Waals surface area contributed by atoms with Gasteiger partial charge in [0.25, 0.3) is 0 Å². The zero-order valence-corrected chi connectivity index (χ0v) is 19.5. The third kappa shape index (κ3) is 8.21. The van der Waals surface area contributed by atoms with E-state index in [0.29, 0.717) is 18.8 Å². The minimum Gasteiger partial charge on any atom is -0.497 e. The number of amides is 2. The van der Waals surface area contributed by atoms with E-state index in [2.05, 4.69) is 5.32 Å². The Balaban J connectivity index is 1.99. The highest BCUT2D eigenvalue weighted by Crippen LogP contribution is 2.18. The Morgan fingerprint density at radius 1 is 1.03 bits per heavy atom. The van der Waals surface area contributed by atoms with Crippen LogP contribution in [0.2, 0.25) is 0 Å². The normalized spacial score (nSPS) is 12.1. The van der Waals surface area contributed by atoms with Crippen molar-refractivity contribution in [3.8, 4) is 11.5 Å². The van der Waals surface area contributed by atoms with Gasteiger partial charge < -0.3 is 19.7 Å². The molecule has 2 rings (SSSR count). The van der Waals surface area contributed by atoms with Crippen molar-refractivity contribution in [1.29, 1.82) is 0 Å². The van der Waals surface area contributed by atoms with Crippen LogP contribution in [0.5, 0.6) is 11.5 Å². The molecule has 1 atom stereocenters. The fraction of sp³-hybridized carbons (Fsp3) is 0.440. The number of ether oxygens (including phenoxy) is 2. The van der Waals surface area contributed by atoms with Crippen molar-refractivity contribution in [2.24, 2.45) is 0 Å². The summed E-state index contributed by atoms with van der Waals surface area (Å²) in [6.45, 7) is 7.96. The van der Waals surface area contributed by atoms with Gasteiger partial charge in [-0.25, -0.2) is 4.39 Å². The zero-order chi connectivity index (χ0) is 23.7. The third-order valence-corrected chi connectivity index (χ3v) is 4.79. The lowest BCUT2D eigenvalue weighted by Crippen LogP contribution is -2.52. The summed E-state index contributed by atoms with van der Waals surface area (Å²) in [5.41, 5.74) is 0.340. The number of carbonyl (C=O) groups is 2. The fourth-order valence-electron chi connectivity index (χ4n) is 3.07. The summed E-state index contributed by atoms with van der Waals surface area (Å²) in [4.78, 5) is 27.3. The number of carbonyl (C=O) groups excluding carboxylic acids is 2. The maximum atomic E-state index is 13.3. The molecular weight excluding hydrogens is 411 g/mol. The van der Waals surface area contributed by atoms with Crippen molar-refractivity contribution in [2.45, 2.75) is 58.7 Å². The molecule has 0 spiro atoms. The molecule has 0 saturated carbocycles. The van der Waals surface area contributed by atoms with Gasteiger partial charge in [0.15, 0.2) is 0 Å². The second-order valence-electron chi connectivity index (χ2n) is 8.69. The van der Waals surface area contributed by atoms with Crippen LogP contribution in [0.15, 0.2) is 48.5 Å². The molecule has 0 aliphatic carbocycles. The highest BCUT2D eigenvalue weighted by Gasteiger charge is 2.28. The lowest BCUT2D eigenvalue weighted by Gasteiger charge is -2.31. The molecule has 2 aromatic carbocycles. The smallest absolute Gasteiger partial charge is 0.242 e. The van der Waals surface area contributed by atoms with Gasteiger partial charge in [-0.15, -0.1) is 0 Å². The Labute approximate surface area is 189 Å². The van der Waals surface area contributed by atoms with E-state index in [1.807, 2.05) is 20.8 Å². The van der Waals surface area contributed by atoms with E-state index in [4.69, 9.17) is 9.47 Å². The molecule has 6 nitrogen and oxygen atoms in total. The predicted molar refractivity (Wildman–Crippen MR) is 122 cm³/mol. The summed E-state index contributed by atoms with van der Waals surface area (Å²) in [5.74, 6) is 0.693. The van der Waals surface area contributed by atoms with E-state index in [9.17, 15) is 14.0 Å². The molecule has 7 heteroatoms. The first-order valence-electron chi connectivity index (χ1n) is 10.7. The number of benzene rings is 2. The van der Waals surface area contributed by atoms with Gasteiger partial charge >= 0.3 is 0 Å². The average Bonchev–Trinajstić information content (AvgIpc) is 2.75. The Hall–Kier alpha value is -3.09. The van der Waals surface area contributed by atoms with E-state index >= 15 is 0 Å². The lowest BCUT2D eigenvalue weighted by molar-refractivity contribution is -0.141. The standard InChI is InChI=1S/C25H33FN2O4/c1-18(24(30)27-25(2,3)4)28(17-19-8-10-20(26)11-9-19)23(29)7-6-16-32-22-14-12-21(31-5)13-15-22/h8-15,18H,6-7,16-17H2,1-5H3,(H,27,30). The summed E-state index contributed by atoms with van der Waals surface area (Å²) in [6, 6.07) is 12.5.